The van der Waals surface area contributed by atoms with Crippen molar-refractivity contribution in [3.05, 3.63) is 94.8 Å². The lowest BCUT2D eigenvalue weighted by molar-refractivity contribution is 0.305. The van der Waals surface area contributed by atoms with E-state index in [9.17, 15) is 12.8 Å². The van der Waals surface area contributed by atoms with Gasteiger partial charge in [-0.25, -0.2) is 9.22 Å². The van der Waals surface area contributed by atoms with Crippen molar-refractivity contribution in [2.24, 2.45) is 5.10 Å². The number of sulfonamides is 1. The Kier molecular flexibility index (Phi) is 6.28. The first-order valence-electron chi connectivity index (χ1n) is 8.21. The van der Waals surface area contributed by atoms with E-state index in [1.807, 2.05) is 0 Å². The molecule has 0 amide bonds. The minimum absolute atomic E-state index is 0.0508. The van der Waals surface area contributed by atoms with Crippen molar-refractivity contribution in [2.75, 3.05) is 0 Å². The fourth-order valence-electron chi connectivity index (χ4n) is 2.29. The van der Waals surface area contributed by atoms with Crippen molar-refractivity contribution in [3.63, 3.8) is 0 Å². The summed E-state index contributed by atoms with van der Waals surface area (Å²) in [6.07, 6.45) is 1.35. The molecule has 0 atom stereocenters. The molecule has 0 aliphatic heterocycles. The average Bonchev–Trinajstić information content (AvgIpc) is 2.69. The molecule has 5 nitrogen and oxygen atoms in total. The Morgan fingerprint density at radius 3 is 2.39 bits per heavy atom. The van der Waals surface area contributed by atoms with Gasteiger partial charge in [0.1, 0.15) is 18.2 Å². The zero-order valence-corrected chi connectivity index (χ0v) is 16.1. The van der Waals surface area contributed by atoms with Crippen LogP contribution in [0.25, 0.3) is 0 Å². The molecule has 0 aliphatic rings. The van der Waals surface area contributed by atoms with E-state index >= 15 is 0 Å². The van der Waals surface area contributed by atoms with Crippen LogP contribution >= 0.6 is 11.6 Å². The van der Waals surface area contributed by atoms with E-state index in [1.165, 1.54) is 42.6 Å². The molecule has 0 heterocycles. The summed E-state index contributed by atoms with van der Waals surface area (Å²) in [5.41, 5.74) is 1.39. The fraction of sp³-hybridized carbons (Fsp3) is 0.0500. The van der Waals surface area contributed by atoms with Gasteiger partial charge in [-0.2, -0.15) is 13.5 Å². The largest absolute Gasteiger partial charge is 0.488 e. The van der Waals surface area contributed by atoms with Crippen LogP contribution in [0.1, 0.15) is 11.1 Å². The molecule has 1 N–H and O–H groups in total. The number of hydrogen-bond acceptors (Lipinski definition) is 4. The first-order chi connectivity index (χ1) is 13.4. The summed E-state index contributed by atoms with van der Waals surface area (Å²) >= 11 is 5.77. The van der Waals surface area contributed by atoms with Gasteiger partial charge < -0.3 is 4.74 Å². The Bertz CT molecular complexity index is 1070. The molecular weight excluding hydrogens is 403 g/mol. The van der Waals surface area contributed by atoms with Crippen molar-refractivity contribution in [2.45, 2.75) is 11.5 Å². The van der Waals surface area contributed by atoms with Gasteiger partial charge in [0.15, 0.2) is 0 Å². The quantitative estimate of drug-likeness (QED) is 0.457. The van der Waals surface area contributed by atoms with Crippen molar-refractivity contribution in [3.8, 4) is 5.75 Å². The van der Waals surface area contributed by atoms with Crippen molar-refractivity contribution < 1.29 is 17.5 Å². The fourth-order valence-corrected chi connectivity index (χ4v) is 3.21. The Labute approximate surface area is 167 Å². The number of nitrogens with zero attached hydrogens (tertiary/aromatic N) is 1. The Morgan fingerprint density at radius 2 is 1.68 bits per heavy atom. The molecule has 0 fully saturated rings. The number of nitrogens with one attached hydrogen (secondary N) is 1. The average molecular weight is 419 g/mol. The van der Waals surface area contributed by atoms with Gasteiger partial charge in [-0.1, -0.05) is 35.9 Å². The number of hydrogen-bond donors (Lipinski definition) is 1. The number of hydrazone groups is 1. The van der Waals surface area contributed by atoms with E-state index in [-0.39, 0.29) is 17.3 Å². The lowest BCUT2D eigenvalue weighted by Crippen LogP contribution is -2.18. The molecule has 3 aromatic rings. The standard InChI is InChI=1S/C20H16ClFN2O3S/c21-17-7-11-19(12-8-17)28(25,26)24-23-13-16-3-1-2-4-20(16)27-14-15-5-9-18(22)10-6-15/h1-13,24H,14H2. The normalized spacial score (nSPS) is 11.5. The Morgan fingerprint density at radius 1 is 1.00 bits per heavy atom. The van der Waals surface area contributed by atoms with Gasteiger partial charge in [0, 0.05) is 10.6 Å². The monoisotopic (exact) mass is 418 g/mol. The minimum atomic E-state index is -3.80. The number of benzene rings is 3. The maximum absolute atomic E-state index is 13.0. The maximum atomic E-state index is 13.0. The number of para-hydroxylation sites is 1. The second-order valence-electron chi connectivity index (χ2n) is 5.76. The lowest BCUT2D eigenvalue weighted by Gasteiger charge is -2.09. The van der Waals surface area contributed by atoms with Gasteiger partial charge in [-0.3, -0.25) is 0 Å². The molecule has 0 radical (unpaired) electrons. The summed E-state index contributed by atoms with van der Waals surface area (Å²) < 4.78 is 43.2. The SMILES string of the molecule is O=S(=O)(NN=Cc1ccccc1OCc1ccc(F)cc1)c1ccc(Cl)cc1. The second-order valence-corrected chi connectivity index (χ2v) is 7.86. The van der Waals surface area contributed by atoms with Crippen molar-refractivity contribution in [1.29, 1.82) is 0 Å². The maximum Gasteiger partial charge on any atom is 0.276 e. The topological polar surface area (TPSA) is 67.8 Å². The van der Waals surface area contributed by atoms with E-state index in [1.54, 1.807) is 36.4 Å². The number of ether oxygens (including phenoxy) is 1. The highest BCUT2D eigenvalue weighted by Gasteiger charge is 2.12. The van der Waals surface area contributed by atoms with Gasteiger partial charge in [0.2, 0.25) is 0 Å². The summed E-state index contributed by atoms with van der Waals surface area (Å²) in [4.78, 5) is 2.20. The summed E-state index contributed by atoms with van der Waals surface area (Å²) in [7, 11) is -3.80. The molecule has 0 spiro atoms. The zero-order valence-electron chi connectivity index (χ0n) is 14.5. The third-order valence-corrected chi connectivity index (χ3v) is 5.22. The molecule has 3 aromatic carbocycles. The highest BCUT2D eigenvalue weighted by atomic mass is 35.5. The molecular formula is C20H16ClFN2O3S. The van der Waals surface area contributed by atoms with E-state index in [2.05, 4.69) is 9.93 Å². The Balaban J connectivity index is 1.68. The molecule has 0 aliphatic carbocycles. The lowest BCUT2D eigenvalue weighted by atomic mass is 10.2. The second kappa shape index (κ2) is 8.86. The van der Waals surface area contributed by atoms with E-state index in [4.69, 9.17) is 16.3 Å². The van der Waals surface area contributed by atoms with Gasteiger partial charge in [0.25, 0.3) is 10.0 Å². The highest BCUT2D eigenvalue weighted by molar-refractivity contribution is 7.89. The van der Waals surface area contributed by atoms with Gasteiger partial charge >= 0.3 is 0 Å². The van der Waals surface area contributed by atoms with Crippen LogP contribution in [0, 0.1) is 5.82 Å². The van der Waals surface area contributed by atoms with E-state index < -0.39 is 10.0 Å². The molecule has 144 valence electrons. The molecule has 3 rings (SSSR count). The molecule has 0 unspecified atom stereocenters. The van der Waals surface area contributed by atoms with Crippen LogP contribution in [0.4, 0.5) is 4.39 Å². The predicted octanol–water partition coefficient (Wildman–Crippen LogP) is 4.37. The van der Waals surface area contributed by atoms with Crippen LogP contribution < -0.4 is 9.57 Å². The van der Waals surface area contributed by atoms with Crippen LogP contribution in [0.15, 0.2) is 82.8 Å². The first kappa shape index (κ1) is 19.9. The molecule has 0 aromatic heterocycles. The van der Waals surface area contributed by atoms with Crippen LogP contribution in [-0.4, -0.2) is 14.6 Å². The summed E-state index contributed by atoms with van der Waals surface area (Å²) in [6.45, 7) is 0.238. The minimum Gasteiger partial charge on any atom is -0.488 e. The van der Waals surface area contributed by atoms with Gasteiger partial charge in [-0.05, 0) is 54.1 Å². The number of halogens is 2. The van der Waals surface area contributed by atoms with Crippen LogP contribution in [0.3, 0.4) is 0 Å². The number of rotatable bonds is 7. The molecule has 0 saturated carbocycles. The molecule has 0 bridgehead atoms. The first-order valence-corrected chi connectivity index (χ1v) is 10.1. The zero-order chi connectivity index (χ0) is 20.0. The van der Waals surface area contributed by atoms with Gasteiger partial charge in [-0.15, -0.1) is 0 Å². The third kappa shape index (κ3) is 5.31. The smallest absolute Gasteiger partial charge is 0.276 e. The van der Waals surface area contributed by atoms with Crippen LogP contribution in [0.5, 0.6) is 5.75 Å². The van der Waals surface area contributed by atoms with Gasteiger partial charge in [0.05, 0.1) is 11.1 Å². The predicted molar refractivity (Wildman–Crippen MR) is 107 cm³/mol. The summed E-state index contributed by atoms with van der Waals surface area (Å²) in [5, 5.41) is 4.25. The van der Waals surface area contributed by atoms with E-state index in [0.717, 1.165) is 5.56 Å². The summed E-state index contributed by atoms with van der Waals surface area (Å²) in [6, 6.07) is 18.8. The molecule has 8 heteroatoms. The van der Waals surface area contributed by atoms with E-state index in [0.29, 0.717) is 16.3 Å². The Hall–Kier alpha value is -2.90. The van der Waals surface area contributed by atoms with Crippen molar-refractivity contribution >= 4 is 27.8 Å². The van der Waals surface area contributed by atoms with Crippen LogP contribution in [0.2, 0.25) is 5.02 Å². The summed E-state index contributed by atoms with van der Waals surface area (Å²) in [5.74, 6) is 0.200. The van der Waals surface area contributed by atoms with Crippen LogP contribution in [-0.2, 0) is 16.6 Å². The van der Waals surface area contributed by atoms with Crippen molar-refractivity contribution in [1.82, 2.24) is 4.83 Å². The third-order valence-electron chi connectivity index (χ3n) is 3.73. The molecule has 28 heavy (non-hydrogen) atoms. The molecule has 0 saturated heterocycles. The highest BCUT2D eigenvalue weighted by Crippen LogP contribution is 2.18.